The molecule has 0 radical (unpaired) electrons. The van der Waals surface area contributed by atoms with Crippen molar-refractivity contribution in [2.75, 3.05) is 0 Å². The molecule has 0 saturated carbocycles. The molecule has 0 unspecified atom stereocenters. The van der Waals surface area contributed by atoms with E-state index in [4.69, 9.17) is 11.6 Å². The third-order valence-corrected chi connectivity index (χ3v) is 3.23. The molecule has 0 saturated heterocycles. The molecular formula is C13H8BrClO. The molecule has 0 aliphatic heterocycles. The molecule has 80 valence electrons. The highest BCUT2D eigenvalue weighted by molar-refractivity contribution is 9.10. The van der Waals surface area contributed by atoms with Crippen LogP contribution in [-0.4, -0.2) is 6.29 Å². The number of halogens is 2. The van der Waals surface area contributed by atoms with Crippen LogP contribution in [0.1, 0.15) is 10.4 Å². The minimum Gasteiger partial charge on any atom is -0.298 e. The quantitative estimate of drug-likeness (QED) is 0.741. The predicted octanol–water partition coefficient (Wildman–Crippen LogP) is 4.58. The summed E-state index contributed by atoms with van der Waals surface area (Å²) in [6.07, 6.45) is 0.838. The minimum atomic E-state index is 0.622. The molecular weight excluding hydrogens is 287 g/mol. The van der Waals surface area contributed by atoms with Crippen molar-refractivity contribution in [3.05, 3.63) is 57.5 Å². The van der Waals surface area contributed by atoms with Crippen LogP contribution in [0.15, 0.2) is 46.9 Å². The van der Waals surface area contributed by atoms with Gasteiger partial charge in [-0.15, -0.1) is 0 Å². The van der Waals surface area contributed by atoms with Crippen LogP contribution in [0.5, 0.6) is 0 Å². The maximum atomic E-state index is 11.0. The van der Waals surface area contributed by atoms with Gasteiger partial charge in [-0.1, -0.05) is 45.7 Å². The second kappa shape index (κ2) is 4.81. The van der Waals surface area contributed by atoms with E-state index >= 15 is 0 Å². The molecule has 0 amide bonds. The molecule has 1 nitrogen and oxygen atoms in total. The van der Waals surface area contributed by atoms with Gasteiger partial charge in [-0.3, -0.25) is 4.79 Å². The van der Waals surface area contributed by atoms with E-state index in [1.54, 1.807) is 18.2 Å². The van der Waals surface area contributed by atoms with E-state index in [9.17, 15) is 4.79 Å². The van der Waals surface area contributed by atoms with E-state index in [0.717, 1.165) is 21.9 Å². The Morgan fingerprint density at radius 1 is 1.06 bits per heavy atom. The molecule has 0 N–H and O–H groups in total. The van der Waals surface area contributed by atoms with Gasteiger partial charge in [0.2, 0.25) is 0 Å². The first kappa shape index (κ1) is 11.4. The van der Waals surface area contributed by atoms with Crippen LogP contribution in [0, 0.1) is 0 Å². The first-order valence-corrected chi connectivity index (χ1v) is 5.89. The summed E-state index contributed by atoms with van der Waals surface area (Å²) in [4.78, 5) is 11.0. The lowest BCUT2D eigenvalue weighted by molar-refractivity contribution is 0.112. The van der Waals surface area contributed by atoms with Crippen molar-refractivity contribution in [2.45, 2.75) is 0 Å². The number of rotatable bonds is 2. The molecule has 2 aromatic rings. The molecule has 0 bridgehead atoms. The second-order valence-corrected chi connectivity index (χ2v) is 4.62. The Bertz CT molecular complexity index is 537. The lowest BCUT2D eigenvalue weighted by atomic mass is 10.0. The third-order valence-electron chi connectivity index (χ3n) is 2.31. The fraction of sp³-hybridized carbons (Fsp3) is 0. The number of carbonyl (C=O) groups is 1. The number of aldehydes is 1. The van der Waals surface area contributed by atoms with Crippen LogP contribution in [-0.2, 0) is 0 Å². The van der Waals surface area contributed by atoms with Gasteiger partial charge in [0.25, 0.3) is 0 Å². The zero-order valence-electron chi connectivity index (χ0n) is 8.28. The van der Waals surface area contributed by atoms with E-state index in [1.807, 2.05) is 24.3 Å². The summed E-state index contributed by atoms with van der Waals surface area (Å²) in [5.74, 6) is 0. The zero-order chi connectivity index (χ0) is 11.5. The first-order valence-electron chi connectivity index (χ1n) is 4.72. The molecule has 3 heteroatoms. The van der Waals surface area contributed by atoms with Gasteiger partial charge in [-0.05, 0) is 35.4 Å². The Balaban J connectivity index is 2.67. The molecule has 16 heavy (non-hydrogen) atoms. The van der Waals surface area contributed by atoms with Crippen molar-refractivity contribution in [2.24, 2.45) is 0 Å². The van der Waals surface area contributed by atoms with Gasteiger partial charge in [0.1, 0.15) is 0 Å². The first-order chi connectivity index (χ1) is 7.72. The summed E-state index contributed by atoms with van der Waals surface area (Å²) in [5, 5.41) is 0.622. The van der Waals surface area contributed by atoms with Crippen molar-refractivity contribution in [3.8, 4) is 11.1 Å². The summed E-state index contributed by atoms with van der Waals surface area (Å²) in [5.41, 5.74) is 2.44. The van der Waals surface area contributed by atoms with Gasteiger partial charge in [0, 0.05) is 15.1 Å². The average molecular weight is 296 g/mol. The van der Waals surface area contributed by atoms with Gasteiger partial charge >= 0.3 is 0 Å². The summed E-state index contributed by atoms with van der Waals surface area (Å²) in [6, 6.07) is 13.0. The molecule has 2 aromatic carbocycles. The van der Waals surface area contributed by atoms with Crippen molar-refractivity contribution in [3.63, 3.8) is 0 Å². The smallest absolute Gasteiger partial charge is 0.150 e. The summed E-state index contributed by atoms with van der Waals surface area (Å²) < 4.78 is 0.945. The van der Waals surface area contributed by atoms with Gasteiger partial charge in [-0.25, -0.2) is 0 Å². The standard InChI is InChI=1S/C13H8BrClO/c14-13-4-2-1-3-11(13)12-7-10(15)6-5-9(12)8-16/h1-8H. The fourth-order valence-corrected chi connectivity index (χ4v) is 2.21. The topological polar surface area (TPSA) is 17.1 Å². The number of benzene rings is 2. The number of hydrogen-bond donors (Lipinski definition) is 0. The van der Waals surface area contributed by atoms with Crippen LogP contribution < -0.4 is 0 Å². The highest BCUT2D eigenvalue weighted by Gasteiger charge is 2.08. The van der Waals surface area contributed by atoms with Crippen LogP contribution in [0.25, 0.3) is 11.1 Å². The summed E-state index contributed by atoms with van der Waals surface area (Å²) >= 11 is 9.41. The van der Waals surface area contributed by atoms with Gasteiger partial charge in [-0.2, -0.15) is 0 Å². The van der Waals surface area contributed by atoms with Crippen LogP contribution >= 0.6 is 27.5 Å². The van der Waals surface area contributed by atoms with E-state index in [0.29, 0.717) is 10.6 Å². The van der Waals surface area contributed by atoms with Crippen molar-refractivity contribution >= 4 is 33.8 Å². The monoisotopic (exact) mass is 294 g/mol. The zero-order valence-corrected chi connectivity index (χ0v) is 10.6. The highest BCUT2D eigenvalue weighted by Crippen LogP contribution is 2.31. The van der Waals surface area contributed by atoms with Crippen LogP contribution in [0.4, 0.5) is 0 Å². The fourth-order valence-electron chi connectivity index (χ4n) is 1.54. The maximum Gasteiger partial charge on any atom is 0.150 e. The van der Waals surface area contributed by atoms with Gasteiger partial charge in [0.05, 0.1) is 0 Å². The second-order valence-electron chi connectivity index (χ2n) is 3.33. The Kier molecular flexibility index (Phi) is 3.42. The maximum absolute atomic E-state index is 11.0. The van der Waals surface area contributed by atoms with E-state index < -0.39 is 0 Å². The van der Waals surface area contributed by atoms with Crippen molar-refractivity contribution in [1.82, 2.24) is 0 Å². The molecule has 0 heterocycles. The molecule has 0 fully saturated rings. The van der Waals surface area contributed by atoms with Gasteiger partial charge < -0.3 is 0 Å². The van der Waals surface area contributed by atoms with Crippen LogP contribution in [0.3, 0.4) is 0 Å². The average Bonchev–Trinajstić information content (AvgIpc) is 2.29. The Labute approximate surface area is 107 Å². The molecule has 0 aliphatic carbocycles. The largest absolute Gasteiger partial charge is 0.298 e. The SMILES string of the molecule is O=Cc1ccc(Cl)cc1-c1ccccc1Br. The predicted molar refractivity (Wildman–Crippen MR) is 70.0 cm³/mol. The van der Waals surface area contributed by atoms with Gasteiger partial charge in [0.15, 0.2) is 6.29 Å². The number of carbonyl (C=O) groups excluding carboxylic acids is 1. The summed E-state index contributed by atoms with van der Waals surface area (Å²) in [7, 11) is 0. The number of hydrogen-bond acceptors (Lipinski definition) is 1. The minimum absolute atomic E-state index is 0.622. The highest BCUT2D eigenvalue weighted by atomic mass is 79.9. The lowest BCUT2D eigenvalue weighted by Gasteiger charge is -2.07. The molecule has 2 rings (SSSR count). The lowest BCUT2D eigenvalue weighted by Crippen LogP contribution is -1.88. The Hall–Kier alpha value is -1.12. The molecule has 0 aromatic heterocycles. The molecule has 0 atom stereocenters. The normalized spacial score (nSPS) is 10.1. The van der Waals surface area contributed by atoms with E-state index in [2.05, 4.69) is 15.9 Å². The molecule has 0 aliphatic rings. The third kappa shape index (κ3) is 2.18. The molecule has 0 spiro atoms. The van der Waals surface area contributed by atoms with E-state index in [-0.39, 0.29) is 0 Å². The Morgan fingerprint density at radius 3 is 2.50 bits per heavy atom. The van der Waals surface area contributed by atoms with Crippen LogP contribution in [0.2, 0.25) is 5.02 Å². The van der Waals surface area contributed by atoms with E-state index in [1.165, 1.54) is 0 Å². The Morgan fingerprint density at radius 2 is 1.81 bits per heavy atom. The van der Waals surface area contributed by atoms with Crippen molar-refractivity contribution < 1.29 is 4.79 Å². The summed E-state index contributed by atoms with van der Waals surface area (Å²) in [6.45, 7) is 0. The van der Waals surface area contributed by atoms with Crippen molar-refractivity contribution in [1.29, 1.82) is 0 Å².